The summed E-state index contributed by atoms with van der Waals surface area (Å²) in [6.45, 7) is 3.59. The summed E-state index contributed by atoms with van der Waals surface area (Å²) in [7, 11) is 0. The van der Waals surface area contributed by atoms with E-state index in [9.17, 15) is 9.59 Å². The molecule has 0 aromatic heterocycles. The number of amides is 1. The van der Waals surface area contributed by atoms with E-state index in [2.05, 4.69) is 5.32 Å². The van der Waals surface area contributed by atoms with Gasteiger partial charge in [-0.2, -0.15) is 0 Å². The Bertz CT molecular complexity index is 465. The molecule has 78 valence electrons. The molecule has 0 spiro atoms. The fourth-order valence-corrected chi connectivity index (χ4v) is 1.84. The number of rotatable bonds is 1. The molecule has 0 aliphatic carbocycles. The van der Waals surface area contributed by atoms with Gasteiger partial charge in [-0.15, -0.1) is 0 Å². The van der Waals surface area contributed by atoms with Crippen LogP contribution in [0, 0.1) is 6.92 Å². The Hall–Kier alpha value is -1.84. The topological polar surface area (TPSA) is 66.4 Å². The number of fused-ring (bicyclic) bond motifs is 1. The highest BCUT2D eigenvalue weighted by Crippen LogP contribution is 2.35. The third-order valence-corrected chi connectivity index (χ3v) is 2.65. The van der Waals surface area contributed by atoms with Crippen molar-refractivity contribution in [1.82, 2.24) is 0 Å². The number of nitrogens with one attached hydrogen (secondary N) is 1. The van der Waals surface area contributed by atoms with Crippen LogP contribution in [0.3, 0.4) is 0 Å². The molecule has 4 nitrogen and oxygen atoms in total. The van der Waals surface area contributed by atoms with Crippen molar-refractivity contribution in [2.75, 3.05) is 5.32 Å². The van der Waals surface area contributed by atoms with Crippen molar-refractivity contribution in [3.63, 3.8) is 0 Å². The second-order valence-corrected chi connectivity index (χ2v) is 3.79. The first-order valence-electron chi connectivity index (χ1n) is 4.69. The average molecular weight is 205 g/mol. The summed E-state index contributed by atoms with van der Waals surface area (Å²) >= 11 is 0. The van der Waals surface area contributed by atoms with E-state index >= 15 is 0 Å². The van der Waals surface area contributed by atoms with E-state index in [1.165, 1.54) is 0 Å². The highest BCUT2D eigenvalue weighted by atomic mass is 16.4. The predicted molar refractivity (Wildman–Crippen MR) is 55.2 cm³/mol. The van der Waals surface area contributed by atoms with E-state index in [0.717, 1.165) is 11.1 Å². The molecule has 2 rings (SSSR count). The molecule has 1 aromatic rings. The zero-order chi connectivity index (χ0) is 11.2. The minimum Gasteiger partial charge on any atom is -0.478 e. The van der Waals surface area contributed by atoms with Gasteiger partial charge in [0.1, 0.15) is 0 Å². The van der Waals surface area contributed by atoms with Crippen molar-refractivity contribution in [2.24, 2.45) is 0 Å². The van der Waals surface area contributed by atoms with Gasteiger partial charge in [0.2, 0.25) is 5.91 Å². The van der Waals surface area contributed by atoms with Gasteiger partial charge in [-0.05, 0) is 31.0 Å². The molecule has 0 saturated heterocycles. The molecule has 15 heavy (non-hydrogen) atoms. The van der Waals surface area contributed by atoms with Crippen molar-refractivity contribution in [3.8, 4) is 0 Å². The van der Waals surface area contributed by atoms with Crippen LogP contribution in [0.1, 0.15) is 34.3 Å². The van der Waals surface area contributed by atoms with Crippen molar-refractivity contribution in [3.05, 3.63) is 28.8 Å². The lowest BCUT2D eigenvalue weighted by Crippen LogP contribution is -2.09. The Morgan fingerprint density at radius 2 is 2.13 bits per heavy atom. The number of aryl methyl sites for hydroxylation is 1. The molecular weight excluding hydrogens is 194 g/mol. The van der Waals surface area contributed by atoms with E-state index in [1.54, 1.807) is 13.0 Å². The summed E-state index contributed by atoms with van der Waals surface area (Å²) in [6.07, 6.45) is 0. The molecule has 1 unspecified atom stereocenters. The van der Waals surface area contributed by atoms with Gasteiger partial charge in [-0.25, -0.2) is 4.79 Å². The third-order valence-electron chi connectivity index (χ3n) is 2.65. The summed E-state index contributed by atoms with van der Waals surface area (Å²) < 4.78 is 0. The summed E-state index contributed by atoms with van der Waals surface area (Å²) in [4.78, 5) is 22.4. The molecule has 1 aliphatic heterocycles. The summed E-state index contributed by atoms with van der Waals surface area (Å²) in [5.41, 5.74) is 2.25. The van der Waals surface area contributed by atoms with E-state index < -0.39 is 5.97 Å². The normalized spacial score (nSPS) is 18.5. The maximum Gasteiger partial charge on any atom is 0.337 e. The van der Waals surface area contributed by atoms with E-state index in [0.29, 0.717) is 5.69 Å². The highest BCUT2D eigenvalue weighted by Gasteiger charge is 2.30. The SMILES string of the molecule is Cc1cc(C(=O)O)c2c(c1)C(C)C(=O)N2. The number of aromatic carboxylic acids is 1. The maximum atomic E-state index is 11.4. The Labute approximate surface area is 86.9 Å². The molecule has 4 heteroatoms. The molecule has 1 atom stereocenters. The standard InChI is InChI=1S/C11H11NO3/c1-5-3-7-6(2)10(13)12-9(7)8(4-5)11(14)15/h3-4,6H,1-2H3,(H,12,13)(H,14,15). The van der Waals surface area contributed by atoms with Crippen LogP contribution in [0.25, 0.3) is 0 Å². The molecule has 0 bridgehead atoms. The summed E-state index contributed by atoms with van der Waals surface area (Å²) in [6, 6.07) is 3.42. The monoisotopic (exact) mass is 205 g/mol. The number of carbonyl (C=O) groups is 2. The number of anilines is 1. The number of carbonyl (C=O) groups excluding carboxylic acids is 1. The Balaban J connectivity index is 2.67. The lowest BCUT2D eigenvalue weighted by molar-refractivity contribution is -0.116. The van der Waals surface area contributed by atoms with Crippen LogP contribution in [0.2, 0.25) is 0 Å². The van der Waals surface area contributed by atoms with Crippen LogP contribution in [0.5, 0.6) is 0 Å². The van der Waals surface area contributed by atoms with Crippen LogP contribution < -0.4 is 5.32 Å². The first kappa shape index (κ1) is 9.71. The fraction of sp³-hybridized carbons (Fsp3) is 0.273. The molecule has 0 radical (unpaired) electrons. The fourth-order valence-electron chi connectivity index (χ4n) is 1.84. The molecule has 1 heterocycles. The smallest absolute Gasteiger partial charge is 0.337 e. The Morgan fingerprint density at radius 3 is 2.73 bits per heavy atom. The zero-order valence-electron chi connectivity index (χ0n) is 8.50. The molecule has 1 aliphatic rings. The van der Waals surface area contributed by atoms with Gasteiger partial charge in [0, 0.05) is 0 Å². The van der Waals surface area contributed by atoms with E-state index in [4.69, 9.17) is 5.11 Å². The number of hydrogen-bond acceptors (Lipinski definition) is 2. The van der Waals surface area contributed by atoms with Gasteiger partial charge < -0.3 is 10.4 Å². The molecule has 0 saturated carbocycles. The van der Waals surface area contributed by atoms with Crippen molar-refractivity contribution in [2.45, 2.75) is 19.8 Å². The first-order chi connectivity index (χ1) is 7.00. The van der Waals surface area contributed by atoms with Gasteiger partial charge in [0.05, 0.1) is 17.2 Å². The van der Waals surface area contributed by atoms with Gasteiger partial charge in [-0.1, -0.05) is 6.07 Å². The van der Waals surface area contributed by atoms with Crippen LogP contribution in [0.15, 0.2) is 12.1 Å². The third kappa shape index (κ3) is 1.38. The Morgan fingerprint density at radius 1 is 1.47 bits per heavy atom. The lowest BCUT2D eigenvalue weighted by atomic mass is 9.98. The van der Waals surface area contributed by atoms with Crippen LogP contribution in [0.4, 0.5) is 5.69 Å². The number of carboxylic acids is 1. The molecule has 0 fully saturated rings. The summed E-state index contributed by atoms with van der Waals surface area (Å²) in [5, 5.41) is 11.6. The summed E-state index contributed by atoms with van der Waals surface area (Å²) in [5.74, 6) is -1.42. The van der Waals surface area contributed by atoms with Crippen molar-refractivity contribution in [1.29, 1.82) is 0 Å². The van der Waals surface area contributed by atoms with Crippen molar-refractivity contribution < 1.29 is 14.7 Å². The van der Waals surface area contributed by atoms with E-state index in [1.807, 2.05) is 13.0 Å². The van der Waals surface area contributed by atoms with E-state index in [-0.39, 0.29) is 17.4 Å². The lowest BCUT2D eigenvalue weighted by Gasteiger charge is -2.06. The Kier molecular flexibility index (Phi) is 2.00. The molecule has 2 N–H and O–H groups in total. The number of carboxylic acid groups (broad SMARTS) is 1. The second kappa shape index (κ2) is 3.08. The first-order valence-corrected chi connectivity index (χ1v) is 4.69. The predicted octanol–water partition coefficient (Wildman–Crippen LogP) is 1.75. The second-order valence-electron chi connectivity index (χ2n) is 3.79. The van der Waals surface area contributed by atoms with Gasteiger partial charge in [-0.3, -0.25) is 4.79 Å². The van der Waals surface area contributed by atoms with Gasteiger partial charge in [0.25, 0.3) is 0 Å². The number of benzene rings is 1. The minimum atomic E-state index is -1.01. The van der Waals surface area contributed by atoms with Gasteiger partial charge >= 0.3 is 5.97 Å². The quantitative estimate of drug-likeness (QED) is 0.734. The largest absolute Gasteiger partial charge is 0.478 e. The molecule has 1 amide bonds. The maximum absolute atomic E-state index is 11.4. The van der Waals surface area contributed by atoms with Crippen LogP contribution in [-0.2, 0) is 4.79 Å². The minimum absolute atomic E-state index is 0.141. The molecule has 1 aromatic carbocycles. The van der Waals surface area contributed by atoms with Crippen LogP contribution >= 0.6 is 0 Å². The average Bonchev–Trinajstić information content (AvgIpc) is 2.43. The van der Waals surface area contributed by atoms with Crippen LogP contribution in [-0.4, -0.2) is 17.0 Å². The van der Waals surface area contributed by atoms with Crippen molar-refractivity contribution >= 4 is 17.6 Å². The zero-order valence-corrected chi connectivity index (χ0v) is 8.50. The highest BCUT2D eigenvalue weighted by molar-refractivity contribution is 6.08. The number of hydrogen-bond donors (Lipinski definition) is 2. The van der Waals surface area contributed by atoms with Gasteiger partial charge in [0.15, 0.2) is 0 Å². The molecular formula is C11H11NO3.